The van der Waals surface area contributed by atoms with Crippen molar-refractivity contribution in [1.82, 2.24) is 9.80 Å². The molecule has 0 aromatic rings. The summed E-state index contributed by atoms with van der Waals surface area (Å²) >= 11 is 0. The summed E-state index contributed by atoms with van der Waals surface area (Å²) in [7, 11) is 2.20. The smallest absolute Gasteiger partial charge is 0.0358 e. The van der Waals surface area contributed by atoms with Crippen molar-refractivity contribution in [3.05, 3.63) is 0 Å². The maximum atomic E-state index is 6.04. The van der Waals surface area contributed by atoms with Crippen LogP contribution >= 0.6 is 0 Å². The second kappa shape index (κ2) is 3.72. The lowest BCUT2D eigenvalue weighted by atomic mass is 9.81. The second-order valence-corrected chi connectivity index (χ2v) is 5.83. The van der Waals surface area contributed by atoms with Crippen LogP contribution in [-0.2, 0) is 0 Å². The van der Waals surface area contributed by atoms with E-state index in [0.29, 0.717) is 5.41 Å². The molecule has 3 heteroatoms. The summed E-state index contributed by atoms with van der Waals surface area (Å²) in [5, 5.41) is 0. The number of hydrogen-bond donors (Lipinski definition) is 1. The maximum absolute atomic E-state index is 6.04. The summed E-state index contributed by atoms with van der Waals surface area (Å²) < 4.78 is 0. The van der Waals surface area contributed by atoms with Crippen LogP contribution in [0.3, 0.4) is 0 Å². The van der Waals surface area contributed by atoms with Crippen LogP contribution in [0.4, 0.5) is 0 Å². The molecule has 0 bridgehead atoms. The van der Waals surface area contributed by atoms with Crippen LogP contribution in [-0.4, -0.2) is 55.1 Å². The molecule has 2 rings (SSSR count). The SMILES string of the molecule is CN1CCN(C(C)(CN)C2(C)CC2)CC1. The molecule has 88 valence electrons. The van der Waals surface area contributed by atoms with Crippen LogP contribution in [0.25, 0.3) is 0 Å². The number of hydrogen-bond acceptors (Lipinski definition) is 3. The monoisotopic (exact) mass is 211 g/mol. The Morgan fingerprint density at radius 1 is 1.20 bits per heavy atom. The summed E-state index contributed by atoms with van der Waals surface area (Å²) in [4.78, 5) is 5.03. The van der Waals surface area contributed by atoms with Gasteiger partial charge >= 0.3 is 0 Å². The molecule has 0 aromatic carbocycles. The van der Waals surface area contributed by atoms with Gasteiger partial charge < -0.3 is 10.6 Å². The van der Waals surface area contributed by atoms with Gasteiger partial charge in [-0.25, -0.2) is 0 Å². The highest BCUT2D eigenvalue weighted by atomic mass is 15.3. The Hall–Kier alpha value is -0.120. The highest BCUT2D eigenvalue weighted by Gasteiger charge is 2.55. The zero-order valence-corrected chi connectivity index (χ0v) is 10.4. The van der Waals surface area contributed by atoms with Gasteiger partial charge in [-0.05, 0) is 32.2 Å². The first-order valence-corrected chi connectivity index (χ1v) is 6.15. The van der Waals surface area contributed by atoms with E-state index < -0.39 is 0 Å². The van der Waals surface area contributed by atoms with E-state index in [1.165, 1.54) is 39.0 Å². The van der Waals surface area contributed by atoms with Crippen LogP contribution in [0.15, 0.2) is 0 Å². The second-order valence-electron chi connectivity index (χ2n) is 5.83. The van der Waals surface area contributed by atoms with Crippen molar-refractivity contribution in [2.75, 3.05) is 39.8 Å². The molecular weight excluding hydrogens is 186 g/mol. The number of nitrogens with zero attached hydrogens (tertiary/aromatic N) is 2. The quantitative estimate of drug-likeness (QED) is 0.748. The van der Waals surface area contributed by atoms with Gasteiger partial charge in [0.2, 0.25) is 0 Å². The molecule has 1 unspecified atom stereocenters. The highest BCUT2D eigenvalue weighted by molar-refractivity contribution is 5.10. The molecule has 3 nitrogen and oxygen atoms in total. The van der Waals surface area contributed by atoms with Gasteiger partial charge in [-0.2, -0.15) is 0 Å². The Morgan fingerprint density at radius 3 is 2.13 bits per heavy atom. The van der Waals surface area contributed by atoms with E-state index in [9.17, 15) is 0 Å². The third-order valence-electron chi connectivity index (χ3n) is 4.90. The lowest BCUT2D eigenvalue weighted by Gasteiger charge is -2.48. The zero-order chi connectivity index (χ0) is 11.1. The molecule has 1 atom stereocenters. The van der Waals surface area contributed by atoms with Gasteiger partial charge in [-0.3, -0.25) is 4.90 Å². The van der Waals surface area contributed by atoms with Gasteiger partial charge in [0.05, 0.1) is 0 Å². The van der Waals surface area contributed by atoms with Gasteiger partial charge in [-0.15, -0.1) is 0 Å². The molecule has 2 fully saturated rings. The zero-order valence-electron chi connectivity index (χ0n) is 10.4. The van der Waals surface area contributed by atoms with Crippen molar-refractivity contribution in [3.8, 4) is 0 Å². The van der Waals surface area contributed by atoms with Gasteiger partial charge in [0, 0.05) is 38.3 Å². The van der Waals surface area contributed by atoms with Crippen LogP contribution < -0.4 is 5.73 Å². The Labute approximate surface area is 93.6 Å². The van der Waals surface area contributed by atoms with E-state index in [-0.39, 0.29) is 5.54 Å². The fourth-order valence-electron chi connectivity index (χ4n) is 2.78. The van der Waals surface area contributed by atoms with Gasteiger partial charge in [0.1, 0.15) is 0 Å². The van der Waals surface area contributed by atoms with Crippen molar-refractivity contribution in [1.29, 1.82) is 0 Å². The molecule has 1 saturated heterocycles. The van der Waals surface area contributed by atoms with E-state index in [0.717, 1.165) is 6.54 Å². The molecule has 0 radical (unpaired) electrons. The minimum absolute atomic E-state index is 0.230. The van der Waals surface area contributed by atoms with Gasteiger partial charge in [0.25, 0.3) is 0 Å². The predicted octanol–water partition coefficient (Wildman–Crippen LogP) is 0.751. The largest absolute Gasteiger partial charge is 0.329 e. The summed E-state index contributed by atoms with van der Waals surface area (Å²) in [5.74, 6) is 0. The molecule has 15 heavy (non-hydrogen) atoms. The highest BCUT2D eigenvalue weighted by Crippen LogP contribution is 2.55. The van der Waals surface area contributed by atoms with Crippen molar-refractivity contribution in [2.24, 2.45) is 11.1 Å². The first-order valence-electron chi connectivity index (χ1n) is 6.15. The van der Waals surface area contributed by atoms with Crippen LogP contribution in [0.2, 0.25) is 0 Å². The number of rotatable bonds is 3. The molecule has 1 heterocycles. The third-order valence-corrected chi connectivity index (χ3v) is 4.90. The maximum Gasteiger partial charge on any atom is 0.0358 e. The summed E-state index contributed by atoms with van der Waals surface area (Å²) in [5.41, 5.74) is 6.76. The first kappa shape index (κ1) is 11.4. The summed E-state index contributed by atoms with van der Waals surface area (Å²) in [6, 6.07) is 0. The Bertz CT molecular complexity index is 229. The first-order chi connectivity index (χ1) is 7.02. The molecule has 0 spiro atoms. The van der Waals surface area contributed by atoms with Gasteiger partial charge in [-0.1, -0.05) is 6.92 Å². The van der Waals surface area contributed by atoms with E-state index in [1.54, 1.807) is 0 Å². The van der Waals surface area contributed by atoms with Crippen molar-refractivity contribution in [2.45, 2.75) is 32.2 Å². The van der Waals surface area contributed by atoms with Crippen LogP contribution in [0, 0.1) is 5.41 Å². The molecule has 2 aliphatic rings. The minimum Gasteiger partial charge on any atom is -0.329 e. The molecule has 2 N–H and O–H groups in total. The normalized spacial score (nSPS) is 31.2. The number of nitrogens with two attached hydrogens (primary N) is 1. The summed E-state index contributed by atoms with van der Waals surface area (Å²) in [6.07, 6.45) is 2.71. The average Bonchev–Trinajstić information content (AvgIpc) is 2.98. The third kappa shape index (κ3) is 1.81. The number of likely N-dealkylation sites (N-methyl/N-ethyl adjacent to an activating group) is 1. The topological polar surface area (TPSA) is 32.5 Å². The standard InChI is InChI=1S/C12H25N3/c1-11(4-5-11)12(2,10-13)15-8-6-14(3)7-9-15/h4-10,13H2,1-3H3. The van der Waals surface area contributed by atoms with Crippen molar-refractivity contribution in [3.63, 3.8) is 0 Å². The lowest BCUT2D eigenvalue weighted by molar-refractivity contribution is 0.0115. The molecular formula is C12H25N3. The lowest BCUT2D eigenvalue weighted by Crippen LogP contribution is -2.61. The van der Waals surface area contributed by atoms with E-state index >= 15 is 0 Å². The fourth-order valence-corrected chi connectivity index (χ4v) is 2.78. The molecule has 0 amide bonds. The molecule has 1 saturated carbocycles. The Balaban J connectivity index is 2.06. The Morgan fingerprint density at radius 2 is 1.73 bits per heavy atom. The summed E-state index contributed by atoms with van der Waals surface area (Å²) in [6.45, 7) is 10.3. The molecule has 0 aromatic heterocycles. The van der Waals surface area contributed by atoms with E-state index in [2.05, 4.69) is 30.7 Å². The fraction of sp³-hybridized carbons (Fsp3) is 1.00. The van der Waals surface area contributed by atoms with Crippen LogP contribution in [0.5, 0.6) is 0 Å². The van der Waals surface area contributed by atoms with Crippen molar-refractivity contribution >= 4 is 0 Å². The Kier molecular flexibility index (Phi) is 2.82. The van der Waals surface area contributed by atoms with Crippen LogP contribution in [0.1, 0.15) is 26.7 Å². The van der Waals surface area contributed by atoms with Gasteiger partial charge in [0.15, 0.2) is 0 Å². The van der Waals surface area contributed by atoms with E-state index in [4.69, 9.17) is 5.73 Å². The molecule has 1 aliphatic heterocycles. The minimum atomic E-state index is 0.230. The predicted molar refractivity (Wildman–Crippen MR) is 63.9 cm³/mol. The van der Waals surface area contributed by atoms with E-state index in [1.807, 2.05) is 0 Å². The average molecular weight is 211 g/mol. The van der Waals surface area contributed by atoms with Crippen molar-refractivity contribution < 1.29 is 0 Å². The molecule has 1 aliphatic carbocycles. The number of piperazine rings is 1.